The van der Waals surface area contributed by atoms with E-state index >= 15 is 0 Å². The standard InChI is InChI=1S/C8H12N2O3/c1-2-13-6-10-4-3-9-7(10)5-8(11)12/h3-4H,2,5-6H2,1H3,(H,11,12). The number of aliphatic carboxylic acids is 1. The fourth-order valence-electron chi connectivity index (χ4n) is 0.950. The van der Waals surface area contributed by atoms with Gasteiger partial charge in [-0.1, -0.05) is 0 Å². The number of imidazole rings is 1. The van der Waals surface area contributed by atoms with Crippen molar-refractivity contribution in [1.82, 2.24) is 9.55 Å². The number of rotatable bonds is 5. The van der Waals surface area contributed by atoms with Crippen molar-refractivity contribution in [3.8, 4) is 0 Å². The van der Waals surface area contributed by atoms with Crippen molar-refractivity contribution in [1.29, 1.82) is 0 Å². The van der Waals surface area contributed by atoms with Crippen LogP contribution >= 0.6 is 0 Å². The molecule has 1 N–H and O–H groups in total. The van der Waals surface area contributed by atoms with E-state index in [1.807, 2.05) is 6.92 Å². The number of carbonyl (C=O) groups is 1. The third kappa shape index (κ3) is 2.87. The zero-order valence-electron chi connectivity index (χ0n) is 7.43. The maximum absolute atomic E-state index is 10.4. The minimum Gasteiger partial charge on any atom is -0.481 e. The monoisotopic (exact) mass is 184 g/mol. The Labute approximate surface area is 76.0 Å². The Morgan fingerprint density at radius 2 is 2.54 bits per heavy atom. The Hall–Kier alpha value is -1.36. The molecule has 1 heterocycles. The molecule has 0 saturated carbocycles. The number of ether oxygens (including phenoxy) is 1. The fraction of sp³-hybridized carbons (Fsp3) is 0.500. The molecule has 0 spiro atoms. The molecule has 13 heavy (non-hydrogen) atoms. The zero-order valence-corrected chi connectivity index (χ0v) is 7.43. The summed E-state index contributed by atoms with van der Waals surface area (Å²) in [6, 6.07) is 0. The maximum atomic E-state index is 10.4. The quantitative estimate of drug-likeness (QED) is 0.723. The summed E-state index contributed by atoms with van der Waals surface area (Å²) in [7, 11) is 0. The lowest BCUT2D eigenvalue weighted by molar-refractivity contribution is -0.136. The molecule has 0 aromatic carbocycles. The largest absolute Gasteiger partial charge is 0.481 e. The smallest absolute Gasteiger partial charge is 0.311 e. The summed E-state index contributed by atoms with van der Waals surface area (Å²) in [4.78, 5) is 14.3. The van der Waals surface area contributed by atoms with Crippen LogP contribution < -0.4 is 0 Å². The molecule has 1 aromatic rings. The summed E-state index contributed by atoms with van der Waals surface area (Å²) in [5, 5.41) is 8.54. The molecule has 0 atom stereocenters. The first kappa shape index (κ1) is 9.73. The summed E-state index contributed by atoms with van der Waals surface area (Å²) < 4.78 is 6.81. The number of aromatic nitrogens is 2. The highest BCUT2D eigenvalue weighted by Gasteiger charge is 2.06. The van der Waals surface area contributed by atoms with E-state index < -0.39 is 5.97 Å². The van der Waals surface area contributed by atoms with Gasteiger partial charge in [0.15, 0.2) is 0 Å². The van der Waals surface area contributed by atoms with Crippen LogP contribution in [0.15, 0.2) is 12.4 Å². The van der Waals surface area contributed by atoms with Gasteiger partial charge < -0.3 is 14.4 Å². The molecule has 0 unspecified atom stereocenters. The Kier molecular flexibility index (Phi) is 3.45. The summed E-state index contributed by atoms with van der Waals surface area (Å²) in [5.41, 5.74) is 0. The maximum Gasteiger partial charge on any atom is 0.311 e. The normalized spacial score (nSPS) is 10.2. The van der Waals surface area contributed by atoms with E-state index in [4.69, 9.17) is 9.84 Å². The van der Waals surface area contributed by atoms with Gasteiger partial charge >= 0.3 is 5.97 Å². The molecule has 5 nitrogen and oxygen atoms in total. The SMILES string of the molecule is CCOCn1ccnc1CC(=O)O. The molecule has 72 valence electrons. The van der Waals surface area contributed by atoms with Gasteiger partial charge in [-0.15, -0.1) is 0 Å². The topological polar surface area (TPSA) is 64.4 Å². The second-order valence-electron chi connectivity index (χ2n) is 2.51. The van der Waals surface area contributed by atoms with Crippen LogP contribution in [-0.4, -0.2) is 27.2 Å². The first-order valence-corrected chi connectivity index (χ1v) is 4.03. The first-order chi connectivity index (χ1) is 6.24. The van der Waals surface area contributed by atoms with Crippen molar-refractivity contribution in [3.63, 3.8) is 0 Å². The van der Waals surface area contributed by atoms with Crippen molar-refractivity contribution in [2.24, 2.45) is 0 Å². The van der Waals surface area contributed by atoms with E-state index in [0.29, 0.717) is 19.2 Å². The van der Waals surface area contributed by atoms with E-state index in [1.165, 1.54) is 0 Å². The second-order valence-corrected chi connectivity index (χ2v) is 2.51. The summed E-state index contributed by atoms with van der Waals surface area (Å²) >= 11 is 0. The third-order valence-electron chi connectivity index (χ3n) is 1.55. The average Bonchev–Trinajstić information content (AvgIpc) is 2.48. The molecule has 1 aromatic heterocycles. The molecule has 0 amide bonds. The third-order valence-corrected chi connectivity index (χ3v) is 1.55. The molecule has 0 aliphatic rings. The molecule has 0 bridgehead atoms. The van der Waals surface area contributed by atoms with Crippen LogP contribution in [-0.2, 0) is 22.7 Å². The number of nitrogens with zero attached hydrogens (tertiary/aromatic N) is 2. The van der Waals surface area contributed by atoms with Crippen LogP contribution in [0.1, 0.15) is 12.7 Å². The Morgan fingerprint density at radius 1 is 1.77 bits per heavy atom. The van der Waals surface area contributed by atoms with Gasteiger partial charge in [-0.05, 0) is 6.92 Å². The molecule has 1 rings (SSSR count). The van der Waals surface area contributed by atoms with Crippen LogP contribution in [0.25, 0.3) is 0 Å². The lowest BCUT2D eigenvalue weighted by atomic mass is 10.4. The van der Waals surface area contributed by atoms with Crippen molar-refractivity contribution in [2.45, 2.75) is 20.1 Å². The fourth-order valence-corrected chi connectivity index (χ4v) is 0.950. The highest BCUT2D eigenvalue weighted by Crippen LogP contribution is 1.99. The highest BCUT2D eigenvalue weighted by atomic mass is 16.5. The van der Waals surface area contributed by atoms with Gasteiger partial charge in [-0.2, -0.15) is 0 Å². The number of hydrogen-bond acceptors (Lipinski definition) is 3. The molecule has 0 saturated heterocycles. The van der Waals surface area contributed by atoms with Gasteiger partial charge in [0, 0.05) is 19.0 Å². The van der Waals surface area contributed by atoms with Gasteiger partial charge in [-0.25, -0.2) is 4.98 Å². The first-order valence-electron chi connectivity index (χ1n) is 4.03. The molecular weight excluding hydrogens is 172 g/mol. The van der Waals surface area contributed by atoms with Crippen LogP contribution in [0.5, 0.6) is 0 Å². The average molecular weight is 184 g/mol. The zero-order chi connectivity index (χ0) is 9.68. The molecule has 0 aliphatic carbocycles. The Bertz CT molecular complexity index is 283. The van der Waals surface area contributed by atoms with Gasteiger partial charge in [0.25, 0.3) is 0 Å². The molecule has 0 fully saturated rings. The minimum atomic E-state index is -0.885. The number of carboxylic acids is 1. The summed E-state index contributed by atoms with van der Waals surface area (Å²) in [5.74, 6) is -0.370. The van der Waals surface area contributed by atoms with Gasteiger partial charge in [0.1, 0.15) is 19.0 Å². The number of carboxylic acid groups (broad SMARTS) is 1. The van der Waals surface area contributed by atoms with Crippen molar-refractivity contribution in [2.75, 3.05) is 6.61 Å². The van der Waals surface area contributed by atoms with Crippen molar-refractivity contribution >= 4 is 5.97 Å². The van der Waals surface area contributed by atoms with E-state index in [-0.39, 0.29) is 6.42 Å². The van der Waals surface area contributed by atoms with Crippen LogP contribution in [0.4, 0.5) is 0 Å². The second kappa shape index (κ2) is 4.61. The minimum absolute atomic E-state index is 0.0694. The lowest BCUT2D eigenvalue weighted by Crippen LogP contribution is -2.10. The van der Waals surface area contributed by atoms with Crippen LogP contribution in [0.2, 0.25) is 0 Å². The van der Waals surface area contributed by atoms with Gasteiger partial charge in [0.2, 0.25) is 0 Å². The Morgan fingerprint density at radius 3 is 3.15 bits per heavy atom. The predicted molar refractivity (Wildman–Crippen MR) is 45.2 cm³/mol. The van der Waals surface area contributed by atoms with E-state index in [9.17, 15) is 4.79 Å². The molecule has 0 radical (unpaired) electrons. The predicted octanol–water partition coefficient (Wildman–Crippen LogP) is 0.504. The summed E-state index contributed by atoms with van der Waals surface area (Å²) in [6.45, 7) is 2.84. The van der Waals surface area contributed by atoms with E-state index in [2.05, 4.69) is 4.98 Å². The molecule has 5 heteroatoms. The van der Waals surface area contributed by atoms with E-state index in [0.717, 1.165) is 0 Å². The summed E-state index contributed by atoms with van der Waals surface area (Å²) in [6.07, 6.45) is 3.20. The van der Waals surface area contributed by atoms with Gasteiger partial charge in [-0.3, -0.25) is 4.79 Å². The van der Waals surface area contributed by atoms with Crippen molar-refractivity contribution < 1.29 is 14.6 Å². The van der Waals surface area contributed by atoms with E-state index in [1.54, 1.807) is 17.0 Å². The van der Waals surface area contributed by atoms with Crippen LogP contribution in [0, 0.1) is 0 Å². The lowest BCUT2D eigenvalue weighted by Gasteiger charge is -2.05. The van der Waals surface area contributed by atoms with Crippen LogP contribution in [0.3, 0.4) is 0 Å². The highest BCUT2D eigenvalue weighted by molar-refractivity contribution is 5.69. The van der Waals surface area contributed by atoms with Gasteiger partial charge in [0.05, 0.1) is 0 Å². The Balaban J connectivity index is 2.60. The number of hydrogen-bond donors (Lipinski definition) is 1. The molecular formula is C8H12N2O3. The molecule has 0 aliphatic heterocycles. The van der Waals surface area contributed by atoms with Crippen molar-refractivity contribution in [3.05, 3.63) is 18.2 Å².